The summed E-state index contributed by atoms with van der Waals surface area (Å²) in [5.41, 5.74) is 5.15. The van der Waals surface area contributed by atoms with Crippen LogP contribution in [0.2, 0.25) is 5.02 Å². The highest BCUT2D eigenvalue weighted by Gasteiger charge is 2.28. The molecule has 0 bridgehead atoms. The van der Waals surface area contributed by atoms with Crippen molar-refractivity contribution in [3.05, 3.63) is 45.0 Å². The van der Waals surface area contributed by atoms with Crippen LogP contribution < -0.4 is 10.8 Å². The zero-order valence-electron chi connectivity index (χ0n) is 14.5. The predicted octanol–water partition coefficient (Wildman–Crippen LogP) is 2.03. The number of nitrogen functional groups attached to an aromatic ring is 1. The number of hydrogen-bond donors (Lipinski definition) is 4. The van der Waals surface area contributed by atoms with E-state index in [1.807, 2.05) is 22.6 Å². The number of hydrogen-bond acceptors (Lipinski definition) is 8. The van der Waals surface area contributed by atoms with Crippen molar-refractivity contribution in [1.82, 2.24) is 0 Å². The van der Waals surface area contributed by atoms with E-state index in [0.717, 1.165) is 21.8 Å². The van der Waals surface area contributed by atoms with Gasteiger partial charge in [0.25, 0.3) is 5.69 Å². The highest BCUT2D eigenvalue weighted by atomic mass is 127. The lowest BCUT2D eigenvalue weighted by molar-refractivity contribution is -0.436. The molecule has 158 valence electrons. The summed E-state index contributed by atoms with van der Waals surface area (Å²) in [6.45, 7) is 0. The summed E-state index contributed by atoms with van der Waals surface area (Å²) in [6.07, 6.45) is 0. The number of benzene rings is 3. The van der Waals surface area contributed by atoms with Crippen LogP contribution in [0.25, 0.3) is 10.8 Å². The third-order valence-corrected chi connectivity index (χ3v) is 6.61. The molecule has 3 rings (SSSR count). The molecular formula is C16H11ClIN3O7S2. The molecule has 0 aromatic heterocycles. The number of aromatic hydroxyl groups is 1. The fourth-order valence-corrected chi connectivity index (χ4v) is 4.76. The van der Waals surface area contributed by atoms with Crippen LogP contribution in [0.5, 0.6) is 5.75 Å². The smallest absolute Gasteiger partial charge is 0.301 e. The van der Waals surface area contributed by atoms with Gasteiger partial charge in [0.2, 0.25) is 5.75 Å². The van der Waals surface area contributed by atoms with E-state index in [1.165, 1.54) is 6.07 Å². The molecule has 5 N–H and O–H groups in total. The molecule has 0 fully saturated rings. The van der Waals surface area contributed by atoms with Gasteiger partial charge in [0.15, 0.2) is 4.90 Å². The third kappa shape index (κ3) is 4.50. The molecule has 0 spiro atoms. The standard InChI is InChI=1S/C16H11ClIN3O7S2/c17-10-5-8(18)1-2-12(10)20-21-15-13(30(26,27)28)4-7-3-9(29(23,24)25)6-11(19)14(7)16(15)22/h1-6,22H,19H2,(H,23,24,25)(H,26,27,28). The Balaban J connectivity index is 2.34. The summed E-state index contributed by atoms with van der Waals surface area (Å²) in [6, 6.07) is 7.31. The summed E-state index contributed by atoms with van der Waals surface area (Å²) in [5, 5.41) is 16.8. The zero-order valence-corrected chi connectivity index (χ0v) is 19.0. The molecule has 14 heteroatoms. The Bertz CT molecular complexity index is 1440. The van der Waals surface area contributed by atoms with Gasteiger partial charge in [-0.3, -0.25) is 4.55 Å². The lowest BCUT2D eigenvalue weighted by Gasteiger charge is -2.12. The number of anilines is 1. The topological polar surface area (TPSA) is 184 Å². The Hall–Kier alpha value is -2.04. The summed E-state index contributed by atoms with van der Waals surface area (Å²) in [5.74, 6) is -0.738. The highest BCUT2D eigenvalue weighted by molar-refractivity contribution is 14.1. The molecule has 3 aromatic rings. The van der Waals surface area contributed by atoms with Crippen LogP contribution in [0.4, 0.5) is 17.1 Å². The van der Waals surface area contributed by atoms with Crippen molar-refractivity contribution >= 4 is 82.3 Å². The maximum atomic E-state index is 11.9. The SMILES string of the molecule is Nc1cc(S(=O)(=O)[O-])cc2cc(S(=O)(=O)O)c([NH+]=Nc3ccc(I)cc3Cl)c(O)c12. The van der Waals surface area contributed by atoms with Crippen molar-refractivity contribution < 1.29 is 36.2 Å². The molecule has 0 saturated heterocycles. The second-order valence-corrected chi connectivity index (χ2v) is 10.4. The molecule has 30 heavy (non-hydrogen) atoms. The van der Waals surface area contributed by atoms with E-state index < -0.39 is 41.5 Å². The first-order valence-electron chi connectivity index (χ1n) is 7.73. The average Bonchev–Trinajstić information content (AvgIpc) is 2.60. The molecular weight excluding hydrogens is 573 g/mol. The maximum absolute atomic E-state index is 11.9. The van der Waals surface area contributed by atoms with Crippen LogP contribution in [0.1, 0.15) is 0 Å². The van der Waals surface area contributed by atoms with Crippen LogP contribution in [-0.4, -0.2) is 31.0 Å². The van der Waals surface area contributed by atoms with Gasteiger partial charge in [0, 0.05) is 9.26 Å². The lowest BCUT2D eigenvalue weighted by atomic mass is 10.1. The van der Waals surface area contributed by atoms with Crippen LogP contribution >= 0.6 is 34.2 Å². The van der Waals surface area contributed by atoms with Gasteiger partial charge < -0.3 is 15.4 Å². The van der Waals surface area contributed by atoms with Gasteiger partial charge in [-0.25, -0.2) is 8.42 Å². The van der Waals surface area contributed by atoms with Crippen molar-refractivity contribution in [3.8, 4) is 5.75 Å². The number of rotatable bonds is 4. The molecule has 0 aliphatic rings. The minimum absolute atomic E-state index is 0.152. The van der Waals surface area contributed by atoms with Crippen molar-refractivity contribution in [1.29, 1.82) is 0 Å². The monoisotopic (exact) mass is 583 g/mol. The van der Waals surface area contributed by atoms with Gasteiger partial charge in [-0.05, 0) is 69.5 Å². The number of halogens is 2. The van der Waals surface area contributed by atoms with E-state index in [0.29, 0.717) is 0 Å². The summed E-state index contributed by atoms with van der Waals surface area (Å²) < 4.78 is 68.0. The largest absolute Gasteiger partial charge is 0.744 e. The zero-order chi connectivity index (χ0) is 22.4. The summed E-state index contributed by atoms with van der Waals surface area (Å²) in [4.78, 5) is -1.55. The predicted molar refractivity (Wildman–Crippen MR) is 115 cm³/mol. The van der Waals surface area contributed by atoms with Crippen LogP contribution in [-0.2, 0) is 20.2 Å². The van der Waals surface area contributed by atoms with E-state index in [1.54, 1.807) is 12.1 Å². The maximum Gasteiger partial charge on any atom is 0.301 e. The Kier molecular flexibility index (Phi) is 5.96. The molecule has 0 heterocycles. The lowest BCUT2D eigenvalue weighted by Crippen LogP contribution is -2.58. The normalized spacial score (nSPS) is 12.7. The van der Waals surface area contributed by atoms with E-state index in [2.05, 4.69) is 10.2 Å². The first kappa shape index (κ1) is 22.6. The molecule has 0 aliphatic heterocycles. The summed E-state index contributed by atoms with van der Waals surface area (Å²) >= 11 is 8.10. The van der Waals surface area contributed by atoms with E-state index in [4.69, 9.17) is 17.3 Å². The molecule has 0 saturated carbocycles. The number of nitrogens with two attached hydrogens (primary N) is 1. The number of fused-ring (bicyclic) bond motifs is 1. The van der Waals surface area contributed by atoms with Gasteiger partial charge in [-0.2, -0.15) is 8.42 Å². The Morgan fingerprint density at radius 2 is 1.80 bits per heavy atom. The van der Waals surface area contributed by atoms with Crippen LogP contribution in [0.3, 0.4) is 0 Å². The van der Waals surface area contributed by atoms with Crippen molar-refractivity contribution in [2.75, 3.05) is 5.73 Å². The van der Waals surface area contributed by atoms with Gasteiger partial charge in [0.05, 0.1) is 15.3 Å². The first-order chi connectivity index (χ1) is 13.8. The minimum atomic E-state index is -4.92. The van der Waals surface area contributed by atoms with E-state index >= 15 is 0 Å². The molecule has 0 aliphatic carbocycles. The number of phenols is 1. The van der Waals surface area contributed by atoms with Crippen LogP contribution in [0, 0.1) is 3.57 Å². The molecule has 0 radical (unpaired) electrons. The number of nitrogens with one attached hydrogen (secondary N) is 1. The third-order valence-electron chi connectivity index (χ3n) is 3.94. The molecule has 3 aromatic carbocycles. The van der Waals surface area contributed by atoms with Gasteiger partial charge in [-0.1, -0.05) is 16.7 Å². The number of nitrogens with zero attached hydrogens (tertiary/aromatic N) is 1. The number of phenolic OH excluding ortho intramolecular Hbond substituents is 1. The van der Waals surface area contributed by atoms with Crippen LogP contribution in [0.15, 0.2) is 51.3 Å². The van der Waals surface area contributed by atoms with Gasteiger partial charge in [0.1, 0.15) is 15.8 Å². The molecule has 0 amide bonds. The fourth-order valence-electron chi connectivity index (χ4n) is 2.65. The van der Waals surface area contributed by atoms with Crippen molar-refractivity contribution in [2.45, 2.75) is 9.79 Å². The Morgan fingerprint density at radius 1 is 1.13 bits per heavy atom. The molecule has 10 nitrogen and oxygen atoms in total. The first-order valence-corrected chi connectivity index (χ1v) is 12.0. The van der Waals surface area contributed by atoms with E-state index in [-0.39, 0.29) is 27.2 Å². The van der Waals surface area contributed by atoms with Crippen molar-refractivity contribution in [3.63, 3.8) is 0 Å². The molecule has 0 unspecified atom stereocenters. The quantitative estimate of drug-likeness (QED) is 0.118. The molecule has 0 atom stereocenters. The Labute approximate surface area is 189 Å². The average molecular weight is 584 g/mol. The van der Waals surface area contributed by atoms with E-state index in [9.17, 15) is 31.0 Å². The highest BCUT2D eigenvalue weighted by Crippen LogP contribution is 2.40. The second-order valence-electron chi connectivity index (χ2n) is 5.96. The Morgan fingerprint density at radius 3 is 2.37 bits per heavy atom. The van der Waals surface area contributed by atoms with Crippen molar-refractivity contribution in [2.24, 2.45) is 5.11 Å². The summed E-state index contributed by atoms with van der Waals surface area (Å²) in [7, 11) is -9.83. The number of azo groups is 1. The van der Waals surface area contributed by atoms with Gasteiger partial charge in [-0.15, -0.1) is 0 Å². The fraction of sp³-hybridized carbons (Fsp3) is 0. The second kappa shape index (κ2) is 7.90. The van der Waals surface area contributed by atoms with Gasteiger partial charge >= 0.3 is 10.1 Å². The minimum Gasteiger partial charge on any atom is -0.744 e.